The molecule has 0 saturated heterocycles. The molecule has 1 aromatic carbocycles. The van der Waals surface area contributed by atoms with E-state index in [2.05, 4.69) is 5.32 Å². The first-order valence-electron chi connectivity index (χ1n) is 4.95. The molecule has 0 bridgehead atoms. The molecule has 0 saturated carbocycles. The molecule has 0 unspecified atom stereocenters. The Morgan fingerprint density at radius 3 is 2.33 bits per heavy atom. The fraction of sp³-hybridized carbons (Fsp3) is 0. The molecule has 0 aliphatic rings. The maximum absolute atomic E-state index is 12.7. The van der Waals surface area contributed by atoms with Gasteiger partial charge in [0.15, 0.2) is 0 Å². The lowest BCUT2D eigenvalue weighted by Crippen LogP contribution is -2.19. The Morgan fingerprint density at radius 1 is 1.00 bits per heavy atom. The van der Waals surface area contributed by atoms with Gasteiger partial charge in [-0.3, -0.25) is 19.6 Å². The first-order chi connectivity index (χ1) is 8.54. The smallest absolute Gasteiger partial charge is 0.328 e. The number of nitrogens with one attached hydrogen (secondary N) is 3. The predicted octanol–water partition coefficient (Wildman–Crippen LogP) is 0.306. The summed E-state index contributed by atoms with van der Waals surface area (Å²) in [5, 5.41) is 2.62. The van der Waals surface area contributed by atoms with Crippen molar-refractivity contribution in [1.82, 2.24) is 9.97 Å². The lowest BCUT2D eigenvalue weighted by molar-refractivity contribution is 0.628. The molecule has 7 heteroatoms. The van der Waals surface area contributed by atoms with Crippen molar-refractivity contribution in [2.24, 2.45) is 0 Å². The first kappa shape index (κ1) is 11.8. The summed E-state index contributed by atoms with van der Waals surface area (Å²) in [4.78, 5) is 37.5. The van der Waals surface area contributed by atoms with Crippen LogP contribution >= 0.6 is 0 Å². The van der Waals surface area contributed by atoms with Gasteiger partial charge < -0.3 is 5.32 Å². The maximum Gasteiger partial charge on any atom is 0.328 e. The third-order valence-corrected chi connectivity index (χ3v) is 2.11. The number of H-pyrrole nitrogens is 2. The Labute approximate surface area is 99.1 Å². The van der Waals surface area contributed by atoms with Gasteiger partial charge in [0.1, 0.15) is 11.5 Å². The molecule has 3 N–H and O–H groups in total. The van der Waals surface area contributed by atoms with Crippen LogP contribution in [0.15, 0.2) is 44.7 Å². The van der Waals surface area contributed by atoms with Crippen LogP contribution in [0, 0.1) is 5.82 Å². The molecule has 0 spiro atoms. The quantitative estimate of drug-likeness (QED) is 0.713. The highest BCUT2D eigenvalue weighted by Crippen LogP contribution is 2.11. The van der Waals surface area contributed by atoms with Gasteiger partial charge in [0, 0.05) is 11.8 Å². The Morgan fingerprint density at radius 2 is 1.67 bits per heavy atom. The van der Waals surface area contributed by atoms with Crippen molar-refractivity contribution in [3.05, 3.63) is 67.3 Å². The van der Waals surface area contributed by atoms with Crippen molar-refractivity contribution in [2.45, 2.75) is 0 Å². The zero-order valence-corrected chi connectivity index (χ0v) is 8.99. The van der Waals surface area contributed by atoms with Crippen molar-refractivity contribution < 1.29 is 4.39 Å². The van der Waals surface area contributed by atoms with E-state index in [0.717, 1.165) is 6.07 Å². The molecule has 2 aromatic rings. The third-order valence-electron chi connectivity index (χ3n) is 2.11. The minimum atomic E-state index is -0.892. The van der Waals surface area contributed by atoms with Gasteiger partial charge in [-0.15, -0.1) is 0 Å². The molecule has 1 aromatic heterocycles. The molecule has 1 heterocycles. The Balaban J connectivity index is 2.47. The van der Waals surface area contributed by atoms with Gasteiger partial charge in [0.2, 0.25) is 0 Å². The average molecular weight is 249 g/mol. The summed E-state index contributed by atoms with van der Waals surface area (Å²) >= 11 is 0. The Kier molecular flexibility index (Phi) is 3.05. The van der Waals surface area contributed by atoms with Crippen LogP contribution in [0.5, 0.6) is 0 Å². The van der Waals surface area contributed by atoms with Crippen LogP contribution < -0.4 is 22.1 Å². The van der Waals surface area contributed by atoms with Gasteiger partial charge in [0.25, 0.3) is 11.1 Å². The summed E-state index contributed by atoms with van der Waals surface area (Å²) in [5.41, 5.74) is -2.05. The number of anilines is 2. The van der Waals surface area contributed by atoms with E-state index >= 15 is 0 Å². The number of aromatic nitrogens is 2. The SMILES string of the molecule is O=c1cc(Nc2ccc(F)cc2)c(=O)[nH]c(=O)[nH]1. The Hall–Kier alpha value is -2.70. The van der Waals surface area contributed by atoms with Crippen LogP contribution in [0.4, 0.5) is 15.8 Å². The Bertz CT molecular complexity index is 734. The second-order valence-corrected chi connectivity index (χ2v) is 3.46. The average Bonchev–Trinajstić information content (AvgIpc) is 2.41. The molecule has 0 atom stereocenters. The molecular formula is C11H8FN3O3. The minimum absolute atomic E-state index is 0.107. The van der Waals surface area contributed by atoms with E-state index in [4.69, 9.17) is 0 Å². The summed E-state index contributed by atoms with van der Waals surface area (Å²) < 4.78 is 12.7. The molecule has 18 heavy (non-hydrogen) atoms. The molecule has 6 nitrogen and oxygen atoms in total. The highest BCUT2D eigenvalue weighted by molar-refractivity contribution is 5.57. The fourth-order valence-corrected chi connectivity index (χ4v) is 1.33. The van der Waals surface area contributed by atoms with E-state index in [1.807, 2.05) is 9.97 Å². The molecule has 92 valence electrons. The van der Waals surface area contributed by atoms with Gasteiger partial charge in [0.05, 0.1) is 0 Å². The van der Waals surface area contributed by atoms with Gasteiger partial charge in [-0.2, -0.15) is 0 Å². The van der Waals surface area contributed by atoms with Crippen molar-refractivity contribution in [3.8, 4) is 0 Å². The summed E-state index contributed by atoms with van der Waals surface area (Å²) in [5.74, 6) is -0.423. The van der Waals surface area contributed by atoms with Crippen molar-refractivity contribution in [1.29, 1.82) is 0 Å². The van der Waals surface area contributed by atoms with E-state index in [-0.39, 0.29) is 5.69 Å². The second-order valence-electron chi connectivity index (χ2n) is 3.46. The molecule has 0 amide bonds. The van der Waals surface area contributed by atoms with Crippen molar-refractivity contribution in [2.75, 3.05) is 5.32 Å². The van der Waals surface area contributed by atoms with Crippen LogP contribution in [-0.2, 0) is 0 Å². The zero-order valence-electron chi connectivity index (χ0n) is 8.99. The molecule has 0 radical (unpaired) electrons. The van der Waals surface area contributed by atoms with E-state index in [9.17, 15) is 18.8 Å². The van der Waals surface area contributed by atoms with Crippen LogP contribution in [-0.4, -0.2) is 9.97 Å². The largest absolute Gasteiger partial charge is 0.351 e. The van der Waals surface area contributed by atoms with Gasteiger partial charge in [-0.1, -0.05) is 0 Å². The number of halogens is 1. The monoisotopic (exact) mass is 249 g/mol. The lowest BCUT2D eigenvalue weighted by atomic mass is 10.3. The van der Waals surface area contributed by atoms with Gasteiger partial charge in [-0.05, 0) is 24.3 Å². The van der Waals surface area contributed by atoms with Crippen LogP contribution in [0.2, 0.25) is 0 Å². The van der Waals surface area contributed by atoms with E-state index in [0.29, 0.717) is 5.69 Å². The summed E-state index contributed by atoms with van der Waals surface area (Å²) in [7, 11) is 0. The normalized spacial score (nSPS) is 10.1. The standard InChI is InChI=1S/C11H8FN3O3/c12-6-1-3-7(4-2-6)13-8-5-9(16)14-11(18)15-10(8)17/h1-5H,(H3,13,14,15,16,17,18). The highest BCUT2D eigenvalue weighted by atomic mass is 19.1. The molecule has 0 fully saturated rings. The minimum Gasteiger partial charge on any atom is -0.351 e. The first-order valence-corrected chi connectivity index (χ1v) is 4.95. The number of hydrogen-bond acceptors (Lipinski definition) is 4. The number of benzene rings is 1. The number of rotatable bonds is 2. The van der Waals surface area contributed by atoms with Crippen LogP contribution in [0.25, 0.3) is 0 Å². The molecule has 0 aliphatic heterocycles. The summed E-state index contributed by atoms with van der Waals surface area (Å²) in [6.07, 6.45) is 0. The fourth-order valence-electron chi connectivity index (χ4n) is 1.33. The van der Waals surface area contributed by atoms with Gasteiger partial charge in [-0.25, -0.2) is 9.18 Å². The topological polar surface area (TPSA) is 94.8 Å². The second kappa shape index (κ2) is 4.66. The number of hydrogen-bond donors (Lipinski definition) is 3. The number of aromatic amines is 2. The molecule has 0 aliphatic carbocycles. The summed E-state index contributed by atoms with van der Waals surface area (Å²) in [6.45, 7) is 0. The predicted molar refractivity (Wildman–Crippen MR) is 63.6 cm³/mol. The van der Waals surface area contributed by atoms with E-state index in [1.165, 1.54) is 24.3 Å². The summed E-state index contributed by atoms with van der Waals surface area (Å²) in [6, 6.07) is 6.14. The van der Waals surface area contributed by atoms with E-state index in [1.54, 1.807) is 0 Å². The maximum atomic E-state index is 12.7. The van der Waals surface area contributed by atoms with Crippen LogP contribution in [0.1, 0.15) is 0 Å². The zero-order chi connectivity index (χ0) is 13.1. The third kappa shape index (κ3) is 2.70. The van der Waals surface area contributed by atoms with Gasteiger partial charge >= 0.3 is 5.69 Å². The van der Waals surface area contributed by atoms with Crippen molar-refractivity contribution in [3.63, 3.8) is 0 Å². The van der Waals surface area contributed by atoms with Crippen molar-refractivity contribution >= 4 is 11.4 Å². The van der Waals surface area contributed by atoms with E-state index < -0.39 is 22.6 Å². The molecule has 2 rings (SSSR count). The highest BCUT2D eigenvalue weighted by Gasteiger charge is 2.01. The molecular weight excluding hydrogens is 241 g/mol. The van der Waals surface area contributed by atoms with Crippen LogP contribution in [0.3, 0.4) is 0 Å². The lowest BCUT2D eigenvalue weighted by Gasteiger charge is -2.02.